The zero-order valence-electron chi connectivity index (χ0n) is 9.27. The lowest BCUT2D eigenvalue weighted by Gasteiger charge is -2.05. The third-order valence-corrected chi connectivity index (χ3v) is 2.54. The fourth-order valence-corrected chi connectivity index (χ4v) is 1.69. The first-order valence-electron chi connectivity index (χ1n) is 5.18. The van der Waals surface area contributed by atoms with Gasteiger partial charge in [-0.05, 0) is 30.7 Å². The molecular formula is C14H11FO2. The van der Waals surface area contributed by atoms with Crippen LogP contribution in [-0.2, 0) is 0 Å². The summed E-state index contributed by atoms with van der Waals surface area (Å²) in [6, 6.07) is 11.1. The third-order valence-electron chi connectivity index (χ3n) is 2.54. The highest BCUT2D eigenvalue weighted by molar-refractivity contribution is 5.89. The van der Waals surface area contributed by atoms with Gasteiger partial charge < -0.3 is 5.11 Å². The molecule has 0 radical (unpaired) electrons. The smallest absolute Gasteiger partial charge is 0.335 e. The number of hydrogen-bond donors (Lipinski definition) is 1. The largest absolute Gasteiger partial charge is 0.478 e. The van der Waals surface area contributed by atoms with E-state index < -0.39 is 11.8 Å². The normalized spacial score (nSPS) is 10.2. The van der Waals surface area contributed by atoms with Gasteiger partial charge in [-0.2, -0.15) is 0 Å². The third kappa shape index (κ3) is 2.33. The average Bonchev–Trinajstić information content (AvgIpc) is 2.29. The molecule has 0 fully saturated rings. The van der Waals surface area contributed by atoms with Crippen LogP contribution in [0.25, 0.3) is 11.1 Å². The van der Waals surface area contributed by atoms with Crippen LogP contribution in [-0.4, -0.2) is 11.1 Å². The Morgan fingerprint density at radius 1 is 1.18 bits per heavy atom. The molecule has 2 aromatic carbocycles. The van der Waals surface area contributed by atoms with Crippen LogP contribution in [0, 0.1) is 12.7 Å². The van der Waals surface area contributed by atoms with E-state index in [1.165, 1.54) is 18.2 Å². The minimum Gasteiger partial charge on any atom is -0.478 e. The summed E-state index contributed by atoms with van der Waals surface area (Å²) < 4.78 is 13.7. The molecular weight excluding hydrogens is 219 g/mol. The molecule has 0 spiro atoms. The first-order chi connectivity index (χ1) is 8.08. The van der Waals surface area contributed by atoms with Gasteiger partial charge in [0.15, 0.2) is 0 Å². The first-order valence-corrected chi connectivity index (χ1v) is 5.18. The standard InChI is InChI=1S/C14H11FO2/c1-9-3-2-4-10(7-9)12-8-11(14(16)17)5-6-13(12)15/h2-8H,1H3,(H,16,17). The van der Waals surface area contributed by atoms with Crippen LogP contribution in [0.3, 0.4) is 0 Å². The molecule has 0 unspecified atom stereocenters. The molecule has 0 aromatic heterocycles. The number of aromatic carboxylic acids is 1. The molecule has 86 valence electrons. The van der Waals surface area contributed by atoms with Crippen molar-refractivity contribution in [2.24, 2.45) is 0 Å². The zero-order valence-corrected chi connectivity index (χ0v) is 9.27. The van der Waals surface area contributed by atoms with Crippen molar-refractivity contribution in [3.8, 4) is 11.1 Å². The van der Waals surface area contributed by atoms with Crippen molar-refractivity contribution in [3.63, 3.8) is 0 Å². The fraction of sp³-hybridized carbons (Fsp3) is 0.0714. The molecule has 1 N–H and O–H groups in total. The second kappa shape index (κ2) is 4.37. The lowest BCUT2D eigenvalue weighted by molar-refractivity contribution is 0.0697. The number of aryl methyl sites for hydroxylation is 1. The van der Waals surface area contributed by atoms with Gasteiger partial charge in [0, 0.05) is 5.56 Å². The predicted octanol–water partition coefficient (Wildman–Crippen LogP) is 3.50. The Labute approximate surface area is 98.3 Å². The summed E-state index contributed by atoms with van der Waals surface area (Å²) in [7, 11) is 0. The van der Waals surface area contributed by atoms with Gasteiger partial charge in [0.2, 0.25) is 0 Å². The zero-order chi connectivity index (χ0) is 12.4. The van der Waals surface area contributed by atoms with Crippen LogP contribution < -0.4 is 0 Å². The minimum absolute atomic E-state index is 0.0860. The molecule has 0 aliphatic rings. The highest BCUT2D eigenvalue weighted by atomic mass is 19.1. The Balaban J connectivity index is 2.58. The van der Waals surface area contributed by atoms with Gasteiger partial charge in [0.05, 0.1) is 5.56 Å². The summed E-state index contributed by atoms with van der Waals surface area (Å²) in [6.45, 7) is 1.91. The number of carboxylic acids is 1. The van der Waals surface area contributed by atoms with Crippen molar-refractivity contribution in [3.05, 3.63) is 59.4 Å². The number of rotatable bonds is 2. The van der Waals surface area contributed by atoms with Crippen molar-refractivity contribution in [2.45, 2.75) is 6.92 Å². The van der Waals surface area contributed by atoms with Crippen LogP contribution in [0.1, 0.15) is 15.9 Å². The highest BCUT2D eigenvalue weighted by Gasteiger charge is 2.09. The molecule has 17 heavy (non-hydrogen) atoms. The monoisotopic (exact) mass is 230 g/mol. The topological polar surface area (TPSA) is 37.3 Å². The van der Waals surface area contributed by atoms with E-state index in [-0.39, 0.29) is 5.56 Å². The maximum Gasteiger partial charge on any atom is 0.335 e. The molecule has 2 rings (SSSR count). The molecule has 0 saturated carbocycles. The number of carbonyl (C=O) groups is 1. The average molecular weight is 230 g/mol. The Hall–Kier alpha value is -2.16. The molecule has 2 aromatic rings. The number of halogens is 1. The first kappa shape index (κ1) is 11.3. The Kier molecular flexibility index (Phi) is 2.91. The number of carboxylic acid groups (broad SMARTS) is 1. The maximum absolute atomic E-state index is 13.7. The summed E-state index contributed by atoms with van der Waals surface area (Å²) >= 11 is 0. The van der Waals surface area contributed by atoms with Gasteiger partial charge in [-0.1, -0.05) is 29.8 Å². The Morgan fingerprint density at radius 2 is 1.94 bits per heavy atom. The quantitative estimate of drug-likeness (QED) is 0.857. The van der Waals surface area contributed by atoms with Crippen molar-refractivity contribution in [2.75, 3.05) is 0 Å². The fourth-order valence-electron chi connectivity index (χ4n) is 1.69. The van der Waals surface area contributed by atoms with E-state index in [4.69, 9.17) is 5.11 Å². The molecule has 0 aliphatic heterocycles. The summed E-state index contributed by atoms with van der Waals surface area (Å²) in [5, 5.41) is 8.88. The van der Waals surface area contributed by atoms with E-state index in [1.807, 2.05) is 25.1 Å². The van der Waals surface area contributed by atoms with Crippen LogP contribution in [0.2, 0.25) is 0 Å². The predicted molar refractivity (Wildman–Crippen MR) is 63.5 cm³/mol. The van der Waals surface area contributed by atoms with Crippen molar-refractivity contribution in [1.82, 2.24) is 0 Å². The van der Waals surface area contributed by atoms with Gasteiger partial charge >= 0.3 is 5.97 Å². The van der Waals surface area contributed by atoms with Gasteiger partial charge in [-0.25, -0.2) is 9.18 Å². The van der Waals surface area contributed by atoms with E-state index in [0.717, 1.165) is 5.56 Å². The van der Waals surface area contributed by atoms with E-state index in [0.29, 0.717) is 11.1 Å². The molecule has 0 amide bonds. The van der Waals surface area contributed by atoms with Crippen LogP contribution in [0.15, 0.2) is 42.5 Å². The second-order valence-corrected chi connectivity index (χ2v) is 3.87. The van der Waals surface area contributed by atoms with Gasteiger partial charge in [-0.15, -0.1) is 0 Å². The summed E-state index contributed by atoms with van der Waals surface area (Å²) in [5.74, 6) is -1.47. The molecule has 0 atom stereocenters. The van der Waals surface area contributed by atoms with Gasteiger partial charge in [0.1, 0.15) is 5.82 Å². The van der Waals surface area contributed by atoms with E-state index in [2.05, 4.69) is 0 Å². The highest BCUT2D eigenvalue weighted by Crippen LogP contribution is 2.24. The second-order valence-electron chi connectivity index (χ2n) is 3.87. The van der Waals surface area contributed by atoms with Gasteiger partial charge in [-0.3, -0.25) is 0 Å². The molecule has 2 nitrogen and oxygen atoms in total. The number of hydrogen-bond acceptors (Lipinski definition) is 1. The molecule has 0 heterocycles. The Bertz CT molecular complexity index is 576. The van der Waals surface area contributed by atoms with Crippen LogP contribution >= 0.6 is 0 Å². The van der Waals surface area contributed by atoms with E-state index >= 15 is 0 Å². The minimum atomic E-state index is -1.06. The summed E-state index contributed by atoms with van der Waals surface area (Å²) in [6.07, 6.45) is 0. The lowest BCUT2D eigenvalue weighted by atomic mass is 10.0. The SMILES string of the molecule is Cc1cccc(-c2cc(C(=O)O)ccc2F)c1. The van der Waals surface area contributed by atoms with Crippen molar-refractivity contribution < 1.29 is 14.3 Å². The molecule has 0 aliphatic carbocycles. The summed E-state index contributed by atoms with van der Waals surface area (Å²) in [5.41, 5.74) is 2.09. The Morgan fingerprint density at radius 3 is 2.59 bits per heavy atom. The summed E-state index contributed by atoms with van der Waals surface area (Å²) in [4.78, 5) is 10.8. The van der Waals surface area contributed by atoms with E-state index in [1.54, 1.807) is 6.07 Å². The van der Waals surface area contributed by atoms with Crippen molar-refractivity contribution >= 4 is 5.97 Å². The lowest BCUT2D eigenvalue weighted by Crippen LogP contribution is -1.97. The van der Waals surface area contributed by atoms with E-state index in [9.17, 15) is 9.18 Å². The molecule has 0 bridgehead atoms. The molecule has 3 heteroatoms. The van der Waals surface area contributed by atoms with Gasteiger partial charge in [0.25, 0.3) is 0 Å². The number of benzene rings is 2. The van der Waals surface area contributed by atoms with Crippen LogP contribution in [0.4, 0.5) is 4.39 Å². The van der Waals surface area contributed by atoms with Crippen molar-refractivity contribution in [1.29, 1.82) is 0 Å². The van der Waals surface area contributed by atoms with Crippen LogP contribution in [0.5, 0.6) is 0 Å². The molecule has 0 saturated heterocycles. The maximum atomic E-state index is 13.7.